The molecule has 33 heavy (non-hydrogen) atoms. The maximum Gasteiger partial charge on any atom is 0.352 e. The van der Waals surface area contributed by atoms with E-state index in [-0.39, 0.29) is 11.7 Å². The van der Waals surface area contributed by atoms with E-state index in [0.717, 1.165) is 62.9 Å². The largest absolute Gasteiger partial charge is 0.477 e. The molecule has 1 saturated carbocycles. The van der Waals surface area contributed by atoms with Crippen LogP contribution in [0.4, 0.5) is 17.5 Å². The molecule has 4 N–H and O–H groups in total. The van der Waals surface area contributed by atoms with Gasteiger partial charge in [0, 0.05) is 43.8 Å². The van der Waals surface area contributed by atoms with Crippen molar-refractivity contribution < 1.29 is 9.90 Å². The standard InChI is InChI=1S/C21H25N7O2.C2H7N/c29-20(30)17-11-14-12-24-21(26-19(14)28(17)15-3-1-2-4-15)25-18-6-5-16(13-23-18)27-9-7-22-8-10-27;1-3-2/h5-6,11-13,15,22H,1-4,7-10H2,(H,29,30)(H,23,24,25,26);3H,1-2H3. The molecule has 3 aromatic rings. The molecule has 176 valence electrons. The van der Waals surface area contributed by atoms with E-state index in [2.05, 4.69) is 35.8 Å². The Hall–Kier alpha value is -3.24. The molecule has 10 heteroatoms. The molecule has 0 atom stereocenters. The summed E-state index contributed by atoms with van der Waals surface area (Å²) in [7, 11) is 3.75. The van der Waals surface area contributed by atoms with Gasteiger partial charge in [-0.2, -0.15) is 4.98 Å². The SMILES string of the molecule is CNC.O=C(O)c1cc2cnc(Nc3ccc(N4CCNCC4)cn3)nc2n1C1CCCC1. The lowest BCUT2D eigenvalue weighted by Crippen LogP contribution is -2.43. The van der Waals surface area contributed by atoms with Crippen molar-refractivity contribution in [3.05, 3.63) is 36.3 Å². The average molecular weight is 453 g/mol. The molecule has 0 bridgehead atoms. The summed E-state index contributed by atoms with van der Waals surface area (Å²) in [4.78, 5) is 27.6. The highest BCUT2D eigenvalue weighted by molar-refractivity contribution is 5.93. The number of aromatic nitrogens is 4. The Morgan fingerprint density at radius 3 is 2.48 bits per heavy atom. The number of piperazine rings is 1. The molecule has 2 fully saturated rings. The van der Waals surface area contributed by atoms with Crippen LogP contribution in [-0.2, 0) is 0 Å². The number of aromatic carboxylic acids is 1. The molecule has 0 amide bonds. The zero-order valence-electron chi connectivity index (χ0n) is 19.2. The molecular weight excluding hydrogens is 420 g/mol. The van der Waals surface area contributed by atoms with Gasteiger partial charge in [0.2, 0.25) is 5.95 Å². The Bertz CT molecular complexity index is 1070. The van der Waals surface area contributed by atoms with Crippen molar-refractivity contribution in [1.82, 2.24) is 30.2 Å². The van der Waals surface area contributed by atoms with E-state index in [1.807, 2.05) is 37.0 Å². The molecule has 5 rings (SSSR count). The number of nitrogens with one attached hydrogen (secondary N) is 3. The number of hydrogen-bond donors (Lipinski definition) is 4. The van der Waals surface area contributed by atoms with Crippen molar-refractivity contribution in [1.29, 1.82) is 0 Å². The minimum absolute atomic E-state index is 0.174. The highest BCUT2D eigenvalue weighted by Gasteiger charge is 2.25. The third kappa shape index (κ3) is 5.23. The predicted molar refractivity (Wildman–Crippen MR) is 130 cm³/mol. The molecule has 1 aliphatic heterocycles. The summed E-state index contributed by atoms with van der Waals surface area (Å²) >= 11 is 0. The second kappa shape index (κ2) is 10.6. The van der Waals surface area contributed by atoms with Crippen molar-refractivity contribution in [3.63, 3.8) is 0 Å². The Kier molecular flexibility index (Phi) is 7.36. The van der Waals surface area contributed by atoms with Gasteiger partial charge in [-0.15, -0.1) is 0 Å². The van der Waals surface area contributed by atoms with Crippen LogP contribution in [0, 0.1) is 0 Å². The fourth-order valence-corrected chi connectivity index (χ4v) is 4.45. The topological polar surface area (TPSA) is 120 Å². The van der Waals surface area contributed by atoms with Crippen molar-refractivity contribution in [2.45, 2.75) is 31.7 Å². The van der Waals surface area contributed by atoms with Gasteiger partial charge in [-0.1, -0.05) is 12.8 Å². The number of anilines is 3. The van der Waals surface area contributed by atoms with Crippen molar-refractivity contribution >= 4 is 34.5 Å². The van der Waals surface area contributed by atoms with Crippen LogP contribution in [0.1, 0.15) is 42.2 Å². The number of carboxylic acids is 1. The van der Waals surface area contributed by atoms with E-state index in [9.17, 15) is 9.90 Å². The van der Waals surface area contributed by atoms with Crippen LogP contribution in [0.2, 0.25) is 0 Å². The molecule has 0 unspecified atom stereocenters. The first-order valence-corrected chi connectivity index (χ1v) is 11.5. The lowest BCUT2D eigenvalue weighted by atomic mass is 10.2. The second-order valence-electron chi connectivity index (χ2n) is 8.38. The number of fused-ring (bicyclic) bond motifs is 1. The summed E-state index contributed by atoms with van der Waals surface area (Å²) < 4.78 is 1.87. The average Bonchev–Trinajstić information content (AvgIpc) is 3.48. The fourth-order valence-electron chi connectivity index (χ4n) is 4.45. The molecule has 0 aromatic carbocycles. The van der Waals surface area contributed by atoms with Crippen LogP contribution in [0.25, 0.3) is 11.0 Å². The fraction of sp³-hybridized carbons (Fsp3) is 0.478. The Labute approximate surface area is 193 Å². The normalized spacial score (nSPS) is 16.5. The van der Waals surface area contributed by atoms with E-state index >= 15 is 0 Å². The van der Waals surface area contributed by atoms with Crippen molar-refractivity contribution in [2.24, 2.45) is 0 Å². The molecular formula is C23H32N8O2. The van der Waals surface area contributed by atoms with E-state index in [1.54, 1.807) is 12.3 Å². The van der Waals surface area contributed by atoms with Gasteiger partial charge in [0.1, 0.15) is 17.2 Å². The summed E-state index contributed by atoms with van der Waals surface area (Å²) in [5.41, 5.74) is 2.04. The van der Waals surface area contributed by atoms with Crippen LogP contribution in [0.15, 0.2) is 30.6 Å². The van der Waals surface area contributed by atoms with Crippen LogP contribution < -0.4 is 20.9 Å². The first kappa shape index (κ1) is 22.9. The lowest BCUT2D eigenvalue weighted by Gasteiger charge is -2.29. The molecule has 2 aliphatic rings. The summed E-state index contributed by atoms with van der Waals surface area (Å²) in [5.74, 6) is 0.143. The predicted octanol–water partition coefficient (Wildman–Crippen LogP) is 2.63. The summed E-state index contributed by atoms with van der Waals surface area (Å²) in [6.07, 6.45) is 7.72. The Morgan fingerprint density at radius 1 is 1.12 bits per heavy atom. The van der Waals surface area contributed by atoms with Gasteiger partial charge < -0.3 is 30.5 Å². The maximum atomic E-state index is 11.8. The second-order valence-corrected chi connectivity index (χ2v) is 8.38. The third-order valence-electron chi connectivity index (χ3n) is 5.95. The van der Waals surface area contributed by atoms with Gasteiger partial charge >= 0.3 is 5.97 Å². The summed E-state index contributed by atoms with van der Waals surface area (Å²) in [6, 6.07) is 5.81. The van der Waals surface area contributed by atoms with Gasteiger partial charge in [0.15, 0.2) is 0 Å². The van der Waals surface area contributed by atoms with Crippen molar-refractivity contribution in [2.75, 3.05) is 50.5 Å². The minimum Gasteiger partial charge on any atom is -0.477 e. The highest BCUT2D eigenvalue weighted by atomic mass is 16.4. The zero-order valence-corrected chi connectivity index (χ0v) is 19.2. The van der Waals surface area contributed by atoms with E-state index in [4.69, 9.17) is 0 Å². The quantitative estimate of drug-likeness (QED) is 0.463. The maximum absolute atomic E-state index is 11.8. The molecule has 1 aliphatic carbocycles. The third-order valence-corrected chi connectivity index (χ3v) is 5.95. The van der Waals surface area contributed by atoms with Crippen LogP contribution in [-0.4, -0.2) is 70.9 Å². The Morgan fingerprint density at radius 2 is 1.85 bits per heavy atom. The monoisotopic (exact) mass is 452 g/mol. The number of rotatable bonds is 5. The smallest absolute Gasteiger partial charge is 0.352 e. The number of nitrogens with zero attached hydrogens (tertiary/aromatic N) is 5. The zero-order chi connectivity index (χ0) is 23.2. The summed E-state index contributed by atoms with van der Waals surface area (Å²) in [5, 5.41) is 19.7. The molecule has 3 aromatic heterocycles. The summed E-state index contributed by atoms with van der Waals surface area (Å²) in [6.45, 7) is 3.90. The van der Waals surface area contributed by atoms with Crippen LogP contribution in [0.5, 0.6) is 0 Å². The number of hydrogen-bond acceptors (Lipinski definition) is 8. The van der Waals surface area contributed by atoms with Gasteiger partial charge in [0.25, 0.3) is 0 Å². The first-order chi connectivity index (χ1) is 16.1. The number of carbonyl (C=O) groups is 1. The molecule has 1 saturated heterocycles. The van der Waals surface area contributed by atoms with E-state index in [0.29, 0.717) is 17.4 Å². The Balaban J connectivity index is 0.000000821. The molecule has 0 spiro atoms. The van der Waals surface area contributed by atoms with Gasteiger partial charge in [-0.05, 0) is 45.1 Å². The highest BCUT2D eigenvalue weighted by Crippen LogP contribution is 2.34. The van der Waals surface area contributed by atoms with E-state index < -0.39 is 5.97 Å². The van der Waals surface area contributed by atoms with Crippen molar-refractivity contribution in [3.8, 4) is 0 Å². The number of carboxylic acid groups (broad SMARTS) is 1. The van der Waals surface area contributed by atoms with Crippen LogP contribution >= 0.6 is 0 Å². The molecule has 0 radical (unpaired) electrons. The van der Waals surface area contributed by atoms with E-state index in [1.165, 1.54) is 0 Å². The molecule has 4 heterocycles. The minimum atomic E-state index is -0.931. The van der Waals surface area contributed by atoms with Gasteiger partial charge in [0.05, 0.1) is 11.9 Å². The van der Waals surface area contributed by atoms with Gasteiger partial charge in [-0.25, -0.2) is 14.8 Å². The molecule has 10 nitrogen and oxygen atoms in total. The van der Waals surface area contributed by atoms with Crippen LogP contribution in [0.3, 0.4) is 0 Å². The van der Waals surface area contributed by atoms with Gasteiger partial charge in [-0.3, -0.25) is 0 Å². The lowest BCUT2D eigenvalue weighted by molar-refractivity contribution is 0.0683. The first-order valence-electron chi connectivity index (χ1n) is 11.5. The number of pyridine rings is 1.